The van der Waals surface area contributed by atoms with Crippen molar-refractivity contribution in [1.29, 1.82) is 0 Å². The number of aromatic nitrogens is 2. The number of rotatable bonds is 2. The standard InChI is InChI=1S/C13H12BrClFN3/c1-6(2)9-12(18-5-19-13(9)17)7-3-4-8(14)10(15)11(7)16/h3-6H,1-2H3,(H2,17,18,19). The van der Waals surface area contributed by atoms with Gasteiger partial charge in [-0.25, -0.2) is 14.4 Å². The van der Waals surface area contributed by atoms with E-state index in [-0.39, 0.29) is 10.9 Å². The first-order valence-corrected chi connectivity index (χ1v) is 6.84. The molecular formula is C13H12BrClFN3. The van der Waals surface area contributed by atoms with Gasteiger partial charge in [0.15, 0.2) is 5.82 Å². The Kier molecular flexibility index (Phi) is 4.06. The number of hydrogen-bond acceptors (Lipinski definition) is 3. The zero-order chi connectivity index (χ0) is 14.2. The minimum absolute atomic E-state index is 0.0318. The van der Waals surface area contributed by atoms with E-state index in [4.69, 9.17) is 17.3 Å². The smallest absolute Gasteiger partial charge is 0.152 e. The molecule has 0 amide bonds. The van der Waals surface area contributed by atoms with Gasteiger partial charge in [0.25, 0.3) is 0 Å². The normalized spacial score (nSPS) is 11.1. The molecule has 3 nitrogen and oxygen atoms in total. The van der Waals surface area contributed by atoms with Crippen molar-refractivity contribution in [2.75, 3.05) is 5.73 Å². The predicted octanol–water partition coefficient (Wildman–Crippen LogP) is 4.40. The monoisotopic (exact) mass is 343 g/mol. The fraction of sp³-hybridized carbons (Fsp3) is 0.231. The third-order valence-electron chi connectivity index (χ3n) is 2.78. The number of hydrogen-bond donors (Lipinski definition) is 1. The average molecular weight is 345 g/mol. The number of benzene rings is 1. The van der Waals surface area contributed by atoms with Gasteiger partial charge >= 0.3 is 0 Å². The van der Waals surface area contributed by atoms with Crippen molar-refractivity contribution in [2.45, 2.75) is 19.8 Å². The zero-order valence-corrected chi connectivity index (χ0v) is 12.8. The Balaban J connectivity index is 2.73. The molecule has 0 aliphatic rings. The van der Waals surface area contributed by atoms with Crippen LogP contribution in [-0.4, -0.2) is 9.97 Å². The van der Waals surface area contributed by atoms with Crippen LogP contribution in [0.1, 0.15) is 25.3 Å². The Morgan fingerprint density at radius 1 is 1.32 bits per heavy atom. The number of anilines is 1. The lowest BCUT2D eigenvalue weighted by Gasteiger charge is -2.14. The molecule has 0 fully saturated rings. The quantitative estimate of drug-likeness (QED) is 0.821. The molecule has 0 atom stereocenters. The summed E-state index contributed by atoms with van der Waals surface area (Å²) >= 11 is 9.09. The third-order valence-corrected chi connectivity index (χ3v) is 4.04. The molecule has 0 saturated carbocycles. The van der Waals surface area contributed by atoms with Gasteiger partial charge in [-0.05, 0) is 34.0 Å². The summed E-state index contributed by atoms with van der Waals surface area (Å²) in [5.74, 6) is -0.0764. The van der Waals surface area contributed by atoms with Crippen molar-refractivity contribution in [2.24, 2.45) is 0 Å². The van der Waals surface area contributed by atoms with E-state index in [0.717, 1.165) is 5.56 Å². The lowest BCUT2D eigenvalue weighted by atomic mass is 9.97. The Morgan fingerprint density at radius 2 is 2.00 bits per heavy atom. The maximum Gasteiger partial charge on any atom is 0.152 e. The van der Waals surface area contributed by atoms with Crippen molar-refractivity contribution in [3.63, 3.8) is 0 Å². The van der Waals surface area contributed by atoms with Gasteiger partial charge < -0.3 is 5.73 Å². The number of nitrogens with two attached hydrogens (primary N) is 1. The minimum atomic E-state index is -0.518. The highest BCUT2D eigenvalue weighted by Crippen LogP contribution is 2.36. The molecular weight excluding hydrogens is 333 g/mol. The van der Waals surface area contributed by atoms with Crippen LogP contribution in [0, 0.1) is 5.82 Å². The van der Waals surface area contributed by atoms with E-state index < -0.39 is 5.82 Å². The van der Waals surface area contributed by atoms with Gasteiger partial charge in [0.1, 0.15) is 12.1 Å². The van der Waals surface area contributed by atoms with Crippen LogP contribution in [0.5, 0.6) is 0 Å². The summed E-state index contributed by atoms with van der Waals surface area (Å²) in [6, 6.07) is 3.31. The molecule has 0 unspecified atom stereocenters. The van der Waals surface area contributed by atoms with Crippen molar-refractivity contribution >= 4 is 33.3 Å². The Bertz CT molecular complexity index is 632. The molecule has 1 aromatic heterocycles. The van der Waals surface area contributed by atoms with Crippen molar-refractivity contribution < 1.29 is 4.39 Å². The maximum absolute atomic E-state index is 14.3. The predicted molar refractivity (Wildman–Crippen MR) is 78.6 cm³/mol. The summed E-state index contributed by atoms with van der Waals surface area (Å²) in [7, 11) is 0. The van der Waals surface area contributed by atoms with Gasteiger partial charge in [-0.3, -0.25) is 0 Å². The van der Waals surface area contributed by atoms with Crippen LogP contribution in [0.4, 0.5) is 10.2 Å². The van der Waals surface area contributed by atoms with Crippen LogP contribution in [0.25, 0.3) is 11.3 Å². The summed E-state index contributed by atoms with van der Waals surface area (Å²) in [5, 5.41) is 0.0318. The number of nitrogens with zero attached hydrogens (tertiary/aromatic N) is 2. The molecule has 0 spiro atoms. The average Bonchev–Trinajstić information content (AvgIpc) is 2.35. The van der Waals surface area contributed by atoms with E-state index in [9.17, 15) is 4.39 Å². The highest BCUT2D eigenvalue weighted by atomic mass is 79.9. The number of nitrogen functional groups attached to an aromatic ring is 1. The molecule has 1 aromatic carbocycles. The molecule has 100 valence electrons. The van der Waals surface area contributed by atoms with Gasteiger partial charge in [-0.15, -0.1) is 0 Å². The summed E-state index contributed by atoms with van der Waals surface area (Å²) in [6.07, 6.45) is 1.33. The molecule has 0 aliphatic heterocycles. The second-order valence-electron chi connectivity index (χ2n) is 4.40. The topological polar surface area (TPSA) is 51.8 Å². The van der Waals surface area contributed by atoms with Gasteiger partial charge in [-0.1, -0.05) is 25.4 Å². The highest BCUT2D eigenvalue weighted by molar-refractivity contribution is 9.10. The molecule has 0 saturated heterocycles. The fourth-order valence-electron chi connectivity index (χ4n) is 1.90. The first-order valence-electron chi connectivity index (χ1n) is 5.67. The largest absolute Gasteiger partial charge is 0.383 e. The molecule has 0 radical (unpaired) electrons. The molecule has 1 heterocycles. The lowest BCUT2D eigenvalue weighted by molar-refractivity contribution is 0.629. The van der Waals surface area contributed by atoms with Crippen LogP contribution in [-0.2, 0) is 0 Å². The van der Waals surface area contributed by atoms with Crippen LogP contribution in [0.3, 0.4) is 0 Å². The van der Waals surface area contributed by atoms with E-state index >= 15 is 0 Å². The van der Waals surface area contributed by atoms with E-state index in [0.29, 0.717) is 21.5 Å². The van der Waals surface area contributed by atoms with Crippen LogP contribution in [0.15, 0.2) is 22.9 Å². The zero-order valence-electron chi connectivity index (χ0n) is 10.4. The van der Waals surface area contributed by atoms with Crippen molar-refractivity contribution in [3.8, 4) is 11.3 Å². The van der Waals surface area contributed by atoms with Crippen LogP contribution < -0.4 is 5.73 Å². The summed E-state index contributed by atoms with van der Waals surface area (Å²) in [4.78, 5) is 8.12. The first-order chi connectivity index (χ1) is 8.93. The van der Waals surface area contributed by atoms with Crippen molar-refractivity contribution in [3.05, 3.63) is 39.3 Å². The van der Waals surface area contributed by atoms with Gasteiger partial charge in [0, 0.05) is 15.6 Å². The lowest BCUT2D eigenvalue weighted by Crippen LogP contribution is -2.05. The van der Waals surface area contributed by atoms with Gasteiger partial charge in [0.05, 0.1) is 10.7 Å². The minimum Gasteiger partial charge on any atom is -0.383 e. The van der Waals surface area contributed by atoms with Gasteiger partial charge in [0.2, 0.25) is 0 Å². The Morgan fingerprint density at radius 3 is 2.63 bits per heavy atom. The Hall–Kier alpha value is -1.20. The van der Waals surface area contributed by atoms with Crippen LogP contribution in [0.2, 0.25) is 5.02 Å². The molecule has 2 N–H and O–H groups in total. The van der Waals surface area contributed by atoms with E-state index in [2.05, 4.69) is 25.9 Å². The van der Waals surface area contributed by atoms with Crippen LogP contribution >= 0.6 is 27.5 Å². The molecule has 2 rings (SSSR count). The first kappa shape index (κ1) is 14.2. The van der Waals surface area contributed by atoms with E-state index in [1.165, 1.54) is 6.33 Å². The summed E-state index contributed by atoms with van der Waals surface area (Å²) < 4.78 is 14.8. The molecule has 19 heavy (non-hydrogen) atoms. The second kappa shape index (κ2) is 5.43. The third kappa shape index (κ3) is 2.58. The van der Waals surface area contributed by atoms with Crippen molar-refractivity contribution in [1.82, 2.24) is 9.97 Å². The summed E-state index contributed by atoms with van der Waals surface area (Å²) in [5.41, 5.74) is 7.39. The molecule has 2 aromatic rings. The maximum atomic E-state index is 14.3. The molecule has 0 aliphatic carbocycles. The number of halogens is 3. The Labute approximate surface area is 124 Å². The van der Waals surface area contributed by atoms with E-state index in [1.54, 1.807) is 12.1 Å². The fourth-order valence-corrected chi connectivity index (χ4v) is 2.37. The molecule has 0 bridgehead atoms. The molecule has 6 heteroatoms. The van der Waals surface area contributed by atoms with Gasteiger partial charge in [-0.2, -0.15) is 0 Å². The second-order valence-corrected chi connectivity index (χ2v) is 5.63. The summed E-state index contributed by atoms with van der Waals surface area (Å²) in [6.45, 7) is 3.91. The highest BCUT2D eigenvalue weighted by Gasteiger charge is 2.19. The van der Waals surface area contributed by atoms with E-state index in [1.807, 2.05) is 13.8 Å². The SMILES string of the molecule is CC(C)c1c(N)ncnc1-c1ccc(Br)c(Cl)c1F.